The minimum Gasteiger partial charge on any atom is -0.469 e. The predicted molar refractivity (Wildman–Crippen MR) is 112 cm³/mol. The molecule has 0 saturated heterocycles. The van der Waals surface area contributed by atoms with Gasteiger partial charge in [-0.15, -0.1) is 10.2 Å². The molecule has 4 aromatic rings. The number of sulfonamides is 1. The van der Waals surface area contributed by atoms with Gasteiger partial charge >= 0.3 is 0 Å². The molecular formula is C19H21N5O4S2. The second-order valence-electron chi connectivity index (χ2n) is 6.50. The number of nitrogens with zero attached hydrogens (tertiary/aromatic N) is 4. The van der Waals surface area contributed by atoms with Crippen LogP contribution in [-0.4, -0.2) is 46.0 Å². The third-order valence-electron chi connectivity index (χ3n) is 4.67. The monoisotopic (exact) mass is 447 g/mol. The van der Waals surface area contributed by atoms with Crippen LogP contribution in [0.5, 0.6) is 0 Å². The Bertz CT molecular complexity index is 1270. The van der Waals surface area contributed by atoms with Crippen LogP contribution in [-0.2, 0) is 15.8 Å². The summed E-state index contributed by atoms with van der Waals surface area (Å²) < 4.78 is 37.8. The first-order chi connectivity index (χ1) is 14.4. The zero-order valence-corrected chi connectivity index (χ0v) is 18.4. The van der Waals surface area contributed by atoms with E-state index in [1.165, 1.54) is 16.1 Å². The number of aromatic amines is 1. The minimum absolute atomic E-state index is 0.249. The van der Waals surface area contributed by atoms with Gasteiger partial charge in [-0.3, -0.25) is 0 Å². The molecule has 0 aliphatic carbocycles. The number of benzene rings is 1. The van der Waals surface area contributed by atoms with Gasteiger partial charge < -0.3 is 13.8 Å². The Hall–Kier alpha value is -2.63. The van der Waals surface area contributed by atoms with Crippen LogP contribution >= 0.6 is 11.8 Å². The van der Waals surface area contributed by atoms with Crippen molar-refractivity contribution >= 4 is 32.8 Å². The first kappa shape index (κ1) is 20.6. The largest absolute Gasteiger partial charge is 0.469 e. The van der Waals surface area contributed by atoms with Crippen molar-refractivity contribution in [2.75, 3.05) is 13.1 Å². The lowest BCUT2D eigenvalue weighted by atomic mass is 10.3. The number of hydrogen-bond donors (Lipinski definition) is 1. The second kappa shape index (κ2) is 8.25. The van der Waals surface area contributed by atoms with Gasteiger partial charge in [-0.2, -0.15) is 4.31 Å². The maximum absolute atomic E-state index is 12.7. The summed E-state index contributed by atoms with van der Waals surface area (Å²) in [6.07, 6.45) is 1.57. The van der Waals surface area contributed by atoms with Crippen molar-refractivity contribution in [3.8, 4) is 11.5 Å². The number of aromatic nitrogens is 4. The highest BCUT2D eigenvalue weighted by molar-refractivity contribution is 7.98. The molecule has 11 heteroatoms. The van der Waals surface area contributed by atoms with Crippen LogP contribution in [0.4, 0.5) is 0 Å². The summed E-state index contributed by atoms with van der Waals surface area (Å²) in [4.78, 5) is 7.94. The highest BCUT2D eigenvalue weighted by Crippen LogP contribution is 2.28. The molecule has 30 heavy (non-hydrogen) atoms. The van der Waals surface area contributed by atoms with Crippen molar-refractivity contribution < 1.29 is 17.3 Å². The predicted octanol–water partition coefficient (Wildman–Crippen LogP) is 3.84. The summed E-state index contributed by atoms with van der Waals surface area (Å²) in [5.41, 5.74) is 2.13. The van der Waals surface area contributed by atoms with E-state index in [2.05, 4.69) is 20.2 Å². The van der Waals surface area contributed by atoms with Crippen molar-refractivity contribution in [3.05, 3.63) is 42.1 Å². The van der Waals surface area contributed by atoms with E-state index in [0.29, 0.717) is 52.6 Å². The van der Waals surface area contributed by atoms with Crippen LogP contribution in [0.15, 0.2) is 49.5 Å². The highest BCUT2D eigenvalue weighted by atomic mass is 32.2. The lowest BCUT2D eigenvalue weighted by Crippen LogP contribution is -2.30. The molecule has 0 spiro atoms. The second-order valence-corrected chi connectivity index (χ2v) is 9.37. The number of imidazole rings is 1. The summed E-state index contributed by atoms with van der Waals surface area (Å²) in [5, 5.41) is 8.50. The standard InChI is InChI=1S/C19H21N5O4S2/c1-4-24(5-2)30(25,26)13-6-7-15-16(10-13)21-17(20-15)11-29-19-23-22-18(28-19)14-8-9-27-12(14)3/h6-10H,4-5,11H2,1-3H3,(H,20,21). The van der Waals surface area contributed by atoms with E-state index in [1.807, 2.05) is 20.8 Å². The van der Waals surface area contributed by atoms with E-state index in [9.17, 15) is 8.42 Å². The number of nitrogens with one attached hydrogen (secondary N) is 1. The molecule has 0 bridgehead atoms. The van der Waals surface area contributed by atoms with Crippen LogP contribution in [0.3, 0.4) is 0 Å². The van der Waals surface area contributed by atoms with Crippen molar-refractivity contribution in [3.63, 3.8) is 0 Å². The SMILES string of the molecule is CCN(CC)S(=O)(=O)c1ccc2nc(CSc3nnc(-c4ccoc4C)o3)[nH]c2c1. The summed E-state index contributed by atoms with van der Waals surface area (Å²) in [6, 6.07) is 6.70. The molecule has 1 aromatic carbocycles. The quantitative estimate of drug-likeness (QED) is 0.405. The van der Waals surface area contributed by atoms with Gasteiger partial charge in [0, 0.05) is 13.1 Å². The molecule has 3 aromatic heterocycles. The van der Waals surface area contributed by atoms with Gasteiger partial charge in [0.25, 0.3) is 11.1 Å². The fourth-order valence-electron chi connectivity index (χ4n) is 3.10. The molecule has 0 atom stereocenters. The normalized spacial score (nSPS) is 12.3. The fraction of sp³-hybridized carbons (Fsp3) is 0.316. The van der Waals surface area contributed by atoms with E-state index in [-0.39, 0.29) is 4.90 Å². The first-order valence-electron chi connectivity index (χ1n) is 9.42. The van der Waals surface area contributed by atoms with Gasteiger partial charge in [-0.05, 0) is 31.2 Å². The number of fused-ring (bicyclic) bond motifs is 1. The number of thioether (sulfide) groups is 1. The Morgan fingerprint density at radius 1 is 1.17 bits per heavy atom. The Morgan fingerprint density at radius 2 is 1.97 bits per heavy atom. The van der Waals surface area contributed by atoms with Crippen molar-refractivity contribution in [1.82, 2.24) is 24.5 Å². The Labute approximate surface area is 177 Å². The fourth-order valence-corrected chi connectivity index (χ4v) is 5.21. The highest BCUT2D eigenvalue weighted by Gasteiger charge is 2.22. The van der Waals surface area contributed by atoms with E-state index in [1.54, 1.807) is 30.5 Å². The van der Waals surface area contributed by atoms with Gasteiger partial charge in [0.2, 0.25) is 10.0 Å². The number of furan rings is 1. The van der Waals surface area contributed by atoms with Gasteiger partial charge in [-0.1, -0.05) is 25.6 Å². The summed E-state index contributed by atoms with van der Waals surface area (Å²) >= 11 is 1.34. The maximum atomic E-state index is 12.7. The Balaban J connectivity index is 1.51. The van der Waals surface area contributed by atoms with Gasteiger partial charge in [0.05, 0.1) is 33.5 Å². The van der Waals surface area contributed by atoms with Crippen molar-refractivity contribution in [2.24, 2.45) is 0 Å². The molecule has 4 rings (SSSR count). The third kappa shape index (κ3) is 3.87. The number of H-pyrrole nitrogens is 1. The first-order valence-corrected chi connectivity index (χ1v) is 11.8. The molecule has 0 aliphatic rings. The van der Waals surface area contributed by atoms with E-state index >= 15 is 0 Å². The van der Waals surface area contributed by atoms with Crippen molar-refractivity contribution in [2.45, 2.75) is 36.6 Å². The topological polar surface area (TPSA) is 118 Å². The summed E-state index contributed by atoms with van der Waals surface area (Å²) in [5.74, 6) is 2.27. The zero-order valence-electron chi connectivity index (χ0n) is 16.7. The lowest BCUT2D eigenvalue weighted by Gasteiger charge is -2.18. The molecule has 1 N–H and O–H groups in total. The molecule has 158 valence electrons. The van der Waals surface area contributed by atoms with E-state index in [4.69, 9.17) is 8.83 Å². The maximum Gasteiger partial charge on any atom is 0.277 e. The summed E-state index contributed by atoms with van der Waals surface area (Å²) in [7, 11) is -3.52. The molecule has 9 nitrogen and oxygen atoms in total. The van der Waals surface area contributed by atoms with E-state index in [0.717, 1.165) is 5.56 Å². The van der Waals surface area contributed by atoms with Crippen LogP contribution in [0.1, 0.15) is 25.4 Å². The molecule has 0 unspecified atom stereocenters. The van der Waals surface area contributed by atoms with Crippen LogP contribution in [0.25, 0.3) is 22.5 Å². The number of aryl methyl sites for hydroxylation is 1. The van der Waals surface area contributed by atoms with Crippen molar-refractivity contribution in [1.29, 1.82) is 0 Å². The van der Waals surface area contributed by atoms with E-state index < -0.39 is 10.0 Å². The van der Waals surface area contributed by atoms with Gasteiger partial charge in [0.15, 0.2) is 0 Å². The molecule has 0 amide bonds. The number of hydrogen-bond acceptors (Lipinski definition) is 8. The Morgan fingerprint density at radius 3 is 2.67 bits per heavy atom. The lowest BCUT2D eigenvalue weighted by molar-refractivity contribution is 0.445. The van der Waals surface area contributed by atoms with Crippen LogP contribution < -0.4 is 0 Å². The molecule has 3 heterocycles. The molecule has 0 aliphatic heterocycles. The minimum atomic E-state index is -3.52. The third-order valence-corrected chi connectivity index (χ3v) is 7.55. The van der Waals surface area contributed by atoms with Gasteiger partial charge in [0.1, 0.15) is 11.6 Å². The van der Waals surface area contributed by atoms with Crippen LogP contribution in [0.2, 0.25) is 0 Å². The summed E-state index contributed by atoms with van der Waals surface area (Å²) in [6.45, 7) is 6.32. The molecular weight excluding hydrogens is 426 g/mol. The molecule has 0 radical (unpaired) electrons. The number of rotatable bonds is 8. The molecule has 0 fully saturated rings. The zero-order chi connectivity index (χ0) is 21.3. The Kier molecular flexibility index (Phi) is 5.67. The average Bonchev–Trinajstić information content (AvgIpc) is 3.45. The van der Waals surface area contributed by atoms with Crippen LogP contribution in [0, 0.1) is 6.92 Å². The smallest absolute Gasteiger partial charge is 0.277 e. The molecule has 0 saturated carbocycles. The van der Waals surface area contributed by atoms with Gasteiger partial charge in [-0.25, -0.2) is 13.4 Å². The average molecular weight is 448 g/mol.